The fraction of sp³-hybridized carbons (Fsp3) is 0.333. The maximum atomic E-state index is 14.1. The molecule has 1 saturated heterocycles. The first-order chi connectivity index (χ1) is 17.8. The second kappa shape index (κ2) is 10.1. The van der Waals surface area contributed by atoms with E-state index >= 15 is 0 Å². The van der Waals surface area contributed by atoms with E-state index in [4.69, 9.17) is 0 Å². The Morgan fingerprint density at radius 2 is 1.68 bits per heavy atom. The number of benzene rings is 2. The van der Waals surface area contributed by atoms with Gasteiger partial charge in [-0.1, -0.05) is 42.5 Å². The first-order valence-electron chi connectivity index (χ1n) is 12.7. The Labute approximate surface area is 222 Å². The van der Waals surface area contributed by atoms with Crippen LogP contribution in [-0.4, -0.2) is 65.3 Å². The number of likely N-dealkylation sites (tertiary alicyclic amines) is 1. The van der Waals surface area contributed by atoms with Crippen LogP contribution in [0.25, 0.3) is 10.9 Å². The predicted octanol–water partition coefficient (Wildman–Crippen LogP) is 5.13. The van der Waals surface area contributed by atoms with Gasteiger partial charge in [0, 0.05) is 49.3 Å². The lowest BCUT2D eigenvalue weighted by Gasteiger charge is -2.46. The minimum atomic E-state index is -0.689. The van der Waals surface area contributed by atoms with Crippen LogP contribution >= 0.6 is 11.3 Å². The van der Waals surface area contributed by atoms with Gasteiger partial charge in [-0.15, -0.1) is 11.3 Å². The smallest absolute Gasteiger partial charge is 0.254 e. The molecule has 2 aromatic carbocycles. The number of thiophene rings is 1. The highest BCUT2D eigenvalue weighted by molar-refractivity contribution is 7.10. The van der Waals surface area contributed by atoms with E-state index in [1.165, 1.54) is 4.88 Å². The van der Waals surface area contributed by atoms with Gasteiger partial charge in [0.1, 0.15) is 6.04 Å². The molecule has 1 fully saturated rings. The average molecular weight is 515 g/mol. The second-order valence-electron chi connectivity index (χ2n) is 10.2. The van der Waals surface area contributed by atoms with E-state index in [9.17, 15) is 9.59 Å². The average Bonchev–Trinajstić information content (AvgIpc) is 3.59. The molecule has 6 nitrogen and oxygen atoms in total. The maximum Gasteiger partial charge on any atom is 0.254 e. The van der Waals surface area contributed by atoms with Crippen molar-refractivity contribution in [3.8, 4) is 0 Å². The van der Waals surface area contributed by atoms with Gasteiger partial charge in [-0.3, -0.25) is 14.5 Å². The van der Waals surface area contributed by atoms with E-state index in [-0.39, 0.29) is 17.4 Å². The summed E-state index contributed by atoms with van der Waals surface area (Å²) >= 11 is 1.78. The molecule has 0 saturated carbocycles. The quantitative estimate of drug-likeness (QED) is 0.358. The molecule has 192 valence electrons. The largest absolute Gasteiger partial charge is 0.351 e. The highest BCUT2D eigenvalue weighted by Gasteiger charge is 2.42. The lowest BCUT2D eigenvalue weighted by atomic mass is 9.84. The van der Waals surface area contributed by atoms with E-state index in [2.05, 4.69) is 36.5 Å². The first-order valence-corrected chi connectivity index (χ1v) is 13.6. The van der Waals surface area contributed by atoms with Crippen LogP contribution in [0.3, 0.4) is 0 Å². The van der Waals surface area contributed by atoms with Gasteiger partial charge in [0.2, 0.25) is 5.91 Å². The Bertz CT molecular complexity index is 1390. The molecule has 1 aliphatic heterocycles. The molecule has 0 aliphatic carbocycles. The van der Waals surface area contributed by atoms with Gasteiger partial charge in [0.05, 0.1) is 5.54 Å². The molecular formula is C30H34N4O2S. The molecule has 1 unspecified atom stereocenters. The normalized spacial score (nSPS) is 16.2. The number of amides is 2. The summed E-state index contributed by atoms with van der Waals surface area (Å²) in [7, 11) is 7.96. The molecular weight excluding hydrogens is 480 g/mol. The third-order valence-electron chi connectivity index (χ3n) is 7.93. The third-order valence-corrected chi connectivity index (χ3v) is 8.99. The monoisotopic (exact) mass is 514 g/mol. The predicted molar refractivity (Wildman–Crippen MR) is 150 cm³/mol. The number of aryl methyl sites for hydroxylation is 1. The summed E-state index contributed by atoms with van der Waals surface area (Å²) in [6.45, 7) is 1.30. The summed E-state index contributed by atoms with van der Waals surface area (Å²) in [5, 5.41) is 3.21. The number of piperidine rings is 1. The molecule has 0 radical (unpaired) electrons. The van der Waals surface area contributed by atoms with Gasteiger partial charge in [-0.2, -0.15) is 0 Å². The number of carbonyl (C=O) groups is 2. The van der Waals surface area contributed by atoms with Crippen LogP contribution in [0.15, 0.2) is 78.3 Å². The zero-order chi connectivity index (χ0) is 26.2. The fourth-order valence-electron chi connectivity index (χ4n) is 5.61. The van der Waals surface area contributed by atoms with Crippen LogP contribution in [0, 0.1) is 0 Å². The summed E-state index contributed by atoms with van der Waals surface area (Å²) in [6, 6.07) is 21.0. The standard InChI is InChI=1S/C30H34N4O2S/c1-31(2)30(26-11-8-20-37-26)15-18-34(19-16-30)29(36)27(23-9-6-5-7-10-23)33(4)28(35)24-13-12-22-14-17-32(3)25(22)21-24/h5-14,17,20-21,27H,15-16,18-19H2,1-4H3. The van der Waals surface area contributed by atoms with Gasteiger partial charge in [0.25, 0.3) is 5.91 Å². The van der Waals surface area contributed by atoms with Crippen molar-refractivity contribution in [2.45, 2.75) is 24.4 Å². The van der Waals surface area contributed by atoms with Gasteiger partial charge in [-0.25, -0.2) is 0 Å². The lowest BCUT2D eigenvalue weighted by Crippen LogP contribution is -2.53. The molecule has 1 atom stereocenters. The Kier molecular flexibility index (Phi) is 6.92. The Hall–Kier alpha value is -3.42. The van der Waals surface area contributed by atoms with Crippen molar-refractivity contribution in [3.05, 3.63) is 94.3 Å². The molecule has 3 heterocycles. The molecule has 4 aromatic rings. The van der Waals surface area contributed by atoms with Crippen LogP contribution in [0.1, 0.15) is 39.7 Å². The zero-order valence-electron chi connectivity index (χ0n) is 21.9. The van der Waals surface area contributed by atoms with E-state index in [0.717, 1.165) is 29.3 Å². The Balaban J connectivity index is 1.42. The van der Waals surface area contributed by atoms with Crippen LogP contribution in [-0.2, 0) is 17.4 Å². The van der Waals surface area contributed by atoms with Gasteiger partial charge >= 0.3 is 0 Å². The molecule has 2 aromatic heterocycles. The van der Waals surface area contributed by atoms with Crippen LogP contribution in [0.5, 0.6) is 0 Å². The van der Waals surface area contributed by atoms with Crippen LogP contribution in [0.4, 0.5) is 0 Å². The van der Waals surface area contributed by atoms with E-state index in [0.29, 0.717) is 18.7 Å². The van der Waals surface area contributed by atoms with Crippen molar-refractivity contribution in [1.29, 1.82) is 0 Å². The molecule has 2 amide bonds. The first kappa shape index (κ1) is 25.2. The minimum Gasteiger partial charge on any atom is -0.351 e. The summed E-state index contributed by atoms with van der Waals surface area (Å²) in [5.41, 5.74) is 2.32. The number of hydrogen-bond acceptors (Lipinski definition) is 4. The Morgan fingerprint density at radius 3 is 2.32 bits per heavy atom. The van der Waals surface area contributed by atoms with Gasteiger partial charge < -0.3 is 14.4 Å². The summed E-state index contributed by atoms with van der Waals surface area (Å²) < 4.78 is 2.00. The van der Waals surface area contributed by atoms with Crippen LogP contribution in [0.2, 0.25) is 0 Å². The molecule has 37 heavy (non-hydrogen) atoms. The number of aromatic nitrogens is 1. The number of rotatable bonds is 6. The Morgan fingerprint density at radius 1 is 0.946 bits per heavy atom. The fourth-order valence-corrected chi connectivity index (χ4v) is 6.68. The number of carbonyl (C=O) groups excluding carboxylic acids is 2. The van der Waals surface area contributed by atoms with Crippen molar-refractivity contribution >= 4 is 34.1 Å². The van der Waals surface area contributed by atoms with E-state index in [1.807, 2.05) is 77.3 Å². The lowest BCUT2D eigenvalue weighted by molar-refractivity contribution is -0.138. The highest BCUT2D eigenvalue weighted by Crippen LogP contribution is 2.40. The summed E-state index contributed by atoms with van der Waals surface area (Å²) in [6.07, 6.45) is 3.70. The highest BCUT2D eigenvalue weighted by atomic mass is 32.1. The second-order valence-corrected chi connectivity index (χ2v) is 11.1. The zero-order valence-corrected chi connectivity index (χ0v) is 22.7. The summed E-state index contributed by atoms with van der Waals surface area (Å²) in [5.74, 6) is -0.191. The third kappa shape index (κ3) is 4.58. The number of nitrogens with zero attached hydrogens (tertiary/aromatic N) is 4. The number of fused-ring (bicyclic) bond motifs is 1. The van der Waals surface area contributed by atoms with Crippen molar-refractivity contribution < 1.29 is 9.59 Å². The van der Waals surface area contributed by atoms with Crippen molar-refractivity contribution in [3.63, 3.8) is 0 Å². The number of likely N-dealkylation sites (N-methyl/N-ethyl adjacent to an activating group) is 1. The van der Waals surface area contributed by atoms with Crippen molar-refractivity contribution in [2.24, 2.45) is 7.05 Å². The van der Waals surface area contributed by atoms with Crippen LogP contribution < -0.4 is 0 Å². The molecule has 0 spiro atoms. The van der Waals surface area contributed by atoms with Gasteiger partial charge in [-0.05, 0) is 67.5 Å². The van der Waals surface area contributed by atoms with Crippen molar-refractivity contribution in [2.75, 3.05) is 34.2 Å². The van der Waals surface area contributed by atoms with Gasteiger partial charge in [0.15, 0.2) is 0 Å². The molecule has 1 aliphatic rings. The van der Waals surface area contributed by atoms with E-state index < -0.39 is 6.04 Å². The van der Waals surface area contributed by atoms with E-state index in [1.54, 1.807) is 23.3 Å². The topological polar surface area (TPSA) is 48.8 Å². The molecule has 0 bridgehead atoms. The van der Waals surface area contributed by atoms with Crippen molar-refractivity contribution in [1.82, 2.24) is 19.3 Å². The maximum absolute atomic E-state index is 14.1. The minimum absolute atomic E-state index is 0.0273. The molecule has 0 N–H and O–H groups in total. The SMILES string of the molecule is CN(C(=O)c1ccc2ccn(C)c2c1)C(C(=O)N1CCC(c2cccs2)(N(C)C)CC1)c1ccccc1. The summed E-state index contributed by atoms with van der Waals surface area (Å²) in [4.78, 5) is 35.0. The number of hydrogen-bond donors (Lipinski definition) is 0. The molecule has 5 rings (SSSR count). The molecule has 7 heteroatoms.